The minimum atomic E-state index is -0.620. The molecule has 0 heterocycles. The summed E-state index contributed by atoms with van der Waals surface area (Å²) in [5.74, 6) is -1.24. The summed E-state index contributed by atoms with van der Waals surface area (Å²) in [6.45, 7) is 0. The third kappa shape index (κ3) is 2.91. The van der Waals surface area contributed by atoms with Crippen LogP contribution in [0.5, 0.6) is 0 Å². The molecule has 0 aliphatic carbocycles. The number of ketones is 2. The number of anilines is 2. The van der Waals surface area contributed by atoms with Gasteiger partial charge in [-0.15, -0.1) is 0 Å². The highest BCUT2D eigenvalue weighted by atomic mass is 79.9. The van der Waals surface area contributed by atoms with Gasteiger partial charge in [0, 0.05) is 31.4 Å². The standard InChI is InChI=1S/C14H10Br2N2O2/c15-9-3-1-7(5-11(9)17)13(19)14(20)8-2-4-10(16)12(18)6-8/h1-6H,17-18H2. The molecule has 0 saturated carbocycles. The van der Waals surface area contributed by atoms with Gasteiger partial charge in [0.2, 0.25) is 11.6 Å². The largest absolute Gasteiger partial charge is 0.398 e. The first-order valence-corrected chi connectivity index (χ1v) is 7.18. The lowest BCUT2D eigenvalue weighted by Crippen LogP contribution is -2.15. The molecular formula is C14H10Br2N2O2. The lowest BCUT2D eigenvalue weighted by atomic mass is 10.0. The lowest BCUT2D eigenvalue weighted by molar-refractivity contribution is 0.0817. The predicted molar refractivity (Wildman–Crippen MR) is 85.8 cm³/mol. The molecule has 2 rings (SSSR count). The molecule has 0 bridgehead atoms. The highest BCUT2D eigenvalue weighted by Gasteiger charge is 2.19. The van der Waals surface area contributed by atoms with Crippen LogP contribution in [0.15, 0.2) is 45.3 Å². The molecule has 0 atom stereocenters. The van der Waals surface area contributed by atoms with Crippen molar-refractivity contribution < 1.29 is 9.59 Å². The Morgan fingerprint density at radius 1 is 0.750 bits per heavy atom. The minimum Gasteiger partial charge on any atom is -0.398 e. The van der Waals surface area contributed by atoms with Crippen molar-refractivity contribution in [3.63, 3.8) is 0 Å². The van der Waals surface area contributed by atoms with Crippen LogP contribution < -0.4 is 11.5 Å². The SMILES string of the molecule is Nc1cc(C(=O)C(=O)c2ccc(Br)c(N)c2)ccc1Br. The summed E-state index contributed by atoms with van der Waals surface area (Å²) in [5.41, 5.74) is 12.7. The van der Waals surface area contributed by atoms with Gasteiger partial charge in [0.1, 0.15) is 0 Å². The first kappa shape index (κ1) is 14.7. The molecule has 0 saturated heterocycles. The lowest BCUT2D eigenvalue weighted by Gasteiger charge is -2.05. The summed E-state index contributed by atoms with van der Waals surface area (Å²) in [5, 5.41) is 0. The Bertz CT molecular complexity index is 653. The molecule has 2 aromatic carbocycles. The number of carbonyl (C=O) groups excluding carboxylic acids is 2. The molecule has 0 fully saturated rings. The quantitative estimate of drug-likeness (QED) is 0.471. The summed E-state index contributed by atoms with van der Waals surface area (Å²) < 4.78 is 1.35. The van der Waals surface area contributed by atoms with Crippen LogP contribution in [0.4, 0.5) is 11.4 Å². The predicted octanol–water partition coefficient (Wildman–Crippen LogP) is 3.44. The highest BCUT2D eigenvalue weighted by Crippen LogP contribution is 2.23. The molecule has 0 aliphatic heterocycles. The third-order valence-corrected chi connectivity index (χ3v) is 4.17. The smallest absolute Gasteiger partial charge is 0.233 e. The van der Waals surface area contributed by atoms with Gasteiger partial charge in [0.05, 0.1) is 0 Å². The van der Waals surface area contributed by atoms with Crippen molar-refractivity contribution in [2.24, 2.45) is 0 Å². The maximum Gasteiger partial charge on any atom is 0.233 e. The number of hydrogen-bond acceptors (Lipinski definition) is 4. The molecular weight excluding hydrogens is 388 g/mol. The molecule has 0 spiro atoms. The van der Waals surface area contributed by atoms with E-state index in [4.69, 9.17) is 11.5 Å². The number of halogens is 2. The number of rotatable bonds is 3. The minimum absolute atomic E-state index is 0.247. The van der Waals surface area contributed by atoms with Gasteiger partial charge in [-0.1, -0.05) is 0 Å². The van der Waals surface area contributed by atoms with E-state index in [9.17, 15) is 9.59 Å². The Labute approximate surface area is 132 Å². The molecule has 0 radical (unpaired) electrons. The molecule has 102 valence electrons. The topological polar surface area (TPSA) is 86.2 Å². The average molecular weight is 398 g/mol. The third-order valence-electron chi connectivity index (χ3n) is 2.72. The maximum absolute atomic E-state index is 12.1. The van der Waals surface area contributed by atoms with Crippen molar-refractivity contribution in [1.82, 2.24) is 0 Å². The van der Waals surface area contributed by atoms with E-state index < -0.39 is 11.6 Å². The van der Waals surface area contributed by atoms with Crippen molar-refractivity contribution in [3.05, 3.63) is 56.5 Å². The molecule has 0 aliphatic rings. The van der Waals surface area contributed by atoms with Crippen LogP contribution in [0.2, 0.25) is 0 Å². The van der Waals surface area contributed by atoms with Crippen LogP contribution in [0.25, 0.3) is 0 Å². The van der Waals surface area contributed by atoms with Gasteiger partial charge in [-0.2, -0.15) is 0 Å². The Hall–Kier alpha value is -1.66. The molecule has 4 nitrogen and oxygen atoms in total. The van der Waals surface area contributed by atoms with Gasteiger partial charge in [-0.05, 0) is 68.3 Å². The molecule has 2 aromatic rings. The molecule has 6 heteroatoms. The molecule has 0 unspecified atom stereocenters. The van der Waals surface area contributed by atoms with E-state index in [0.29, 0.717) is 20.3 Å². The van der Waals surface area contributed by atoms with Crippen molar-refractivity contribution in [2.45, 2.75) is 0 Å². The number of carbonyl (C=O) groups is 2. The number of benzene rings is 2. The second-order valence-corrected chi connectivity index (χ2v) is 5.84. The first-order chi connectivity index (χ1) is 9.40. The van der Waals surface area contributed by atoms with E-state index in [-0.39, 0.29) is 11.1 Å². The van der Waals surface area contributed by atoms with Gasteiger partial charge < -0.3 is 11.5 Å². The summed E-state index contributed by atoms with van der Waals surface area (Å²) in [6, 6.07) is 9.28. The van der Waals surface area contributed by atoms with Crippen molar-refractivity contribution in [1.29, 1.82) is 0 Å². The van der Waals surface area contributed by atoms with Crippen LogP contribution in [0.1, 0.15) is 20.7 Å². The van der Waals surface area contributed by atoms with Crippen LogP contribution >= 0.6 is 31.9 Å². The maximum atomic E-state index is 12.1. The Morgan fingerprint density at radius 3 is 1.40 bits per heavy atom. The molecule has 4 N–H and O–H groups in total. The molecule has 0 aromatic heterocycles. The number of hydrogen-bond donors (Lipinski definition) is 2. The molecule has 0 amide bonds. The van der Waals surface area contributed by atoms with Gasteiger partial charge in [-0.3, -0.25) is 9.59 Å². The van der Waals surface area contributed by atoms with Crippen molar-refractivity contribution >= 4 is 54.8 Å². The summed E-state index contributed by atoms with van der Waals surface area (Å²) >= 11 is 6.47. The fraction of sp³-hybridized carbons (Fsp3) is 0. The zero-order valence-electron chi connectivity index (χ0n) is 10.2. The monoisotopic (exact) mass is 396 g/mol. The van der Waals surface area contributed by atoms with Gasteiger partial charge in [-0.25, -0.2) is 0 Å². The number of Topliss-reactive ketones (excluding diaryl/α,β-unsaturated/α-hetero) is 2. The van der Waals surface area contributed by atoms with E-state index in [0.717, 1.165) is 0 Å². The summed E-state index contributed by atoms with van der Waals surface area (Å²) in [4.78, 5) is 24.3. The zero-order valence-corrected chi connectivity index (χ0v) is 13.4. The van der Waals surface area contributed by atoms with Crippen LogP contribution in [-0.4, -0.2) is 11.6 Å². The fourth-order valence-electron chi connectivity index (χ4n) is 1.63. The summed E-state index contributed by atoms with van der Waals surface area (Å²) in [6.07, 6.45) is 0. The van der Waals surface area contributed by atoms with Crippen molar-refractivity contribution in [3.8, 4) is 0 Å². The van der Waals surface area contributed by atoms with Crippen molar-refractivity contribution in [2.75, 3.05) is 11.5 Å². The Kier molecular flexibility index (Phi) is 4.25. The zero-order chi connectivity index (χ0) is 14.9. The average Bonchev–Trinajstić information content (AvgIpc) is 2.43. The van der Waals surface area contributed by atoms with E-state index in [2.05, 4.69) is 31.9 Å². The van der Waals surface area contributed by atoms with Crippen LogP contribution in [0, 0.1) is 0 Å². The van der Waals surface area contributed by atoms with E-state index in [1.807, 2.05) is 0 Å². The summed E-state index contributed by atoms with van der Waals surface area (Å²) in [7, 11) is 0. The Balaban J connectivity index is 2.34. The van der Waals surface area contributed by atoms with Gasteiger partial charge in [0.25, 0.3) is 0 Å². The number of nitrogen functional groups attached to an aromatic ring is 2. The number of nitrogens with two attached hydrogens (primary N) is 2. The molecule has 20 heavy (non-hydrogen) atoms. The first-order valence-electron chi connectivity index (χ1n) is 5.59. The highest BCUT2D eigenvalue weighted by molar-refractivity contribution is 9.11. The second kappa shape index (κ2) is 5.76. The van der Waals surface area contributed by atoms with E-state index >= 15 is 0 Å². The fourth-order valence-corrected chi connectivity index (χ4v) is 2.13. The van der Waals surface area contributed by atoms with E-state index in [1.54, 1.807) is 24.3 Å². The Morgan fingerprint density at radius 2 is 1.10 bits per heavy atom. The normalized spacial score (nSPS) is 10.3. The van der Waals surface area contributed by atoms with Crippen LogP contribution in [-0.2, 0) is 0 Å². The van der Waals surface area contributed by atoms with Crippen LogP contribution in [0.3, 0.4) is 0 Å². The van der Waals surface area contributed by atoms with E-state index in [1.165, 1.54) is 12.1 Å². The van der Waals surface area contributed by atoms with Gasteiger partial charge in [0.15, 0.2) is 0 Å². The second-order valence-electron chi connectivity index (χ2n) is 4.13. The van der Waals surface area contributed by atoms with Gasteiger partial charge >= 0.3 is 0 Å².